The summed E-state index contributed by atoms with van der Waals surface area (Å²) in [5.41, 5.74) is 0. The van der Waals surface area contributed by atoms with Crippen LogP contribution in [0.1, 0.15) is 35.6 Å². The number of hydrogen-bond acceptors (Lipinski definition) is 3. The highest BCUT2D eigenvalue weighted by atomic mass is 16.3. The van der Waals surface area contributed by atoms with Crippen molar-refractivity contribution >= 4 is 11.8 Å². The summed E-state index contributed by atoms with van der Waals surface area (Å²) in [5.74, 6) is 1.59. The van der Waals surface area contributed by atoms with E-state index in [1.807, 2.05) is 11.8 Å². The minimum Gasteiger partial charge on any atom is -0.456 e. The first-order valence-electron chi connectivity index (χ1n) is 7.29. The third-order valence-electron chi connectivity index (χ3n) is 3.97. The molecule has 0 N–H and O–H groups in total. The highest BCUT2D eigenvalue weighted by Crippen LogP contribution is 2.31. The molecule has 3 rings (SSSR count). The molecule has 0 aromatic carbocycles. The summed E-state index contributed by atoms with van der Waals surface area (Å²) >= 11 is 0. The van der Waals surface area contributed by atoms with Gasteiger partial charge in [0.15, 0.2) is 5.76 Å². The Morgan fingerprint density at radius 1 is 1.10 bits per heavy atom. The van der Waals surface area contributed by atoms with Crippen molar-refractivity contribution in [2.75, 3.05) is 26.2 Å². The molecule has 2 aliphatic rings. The summed E-state index contributed by atoms with van der Waals surface area (Å²) < 4.78 is 5.39. The summed E-state index contributed by atoms with van der Waals surface area (Å²) in [5, 5.41) is 0. The van der Waals surface area contributed by atoms with E-state index in [9.17, 15) is 9.59 Å². The predicted octanol–water partition coefficient (Wildman–Crippen LogP) is 1.67. The van der Waals surface area contributed by atoms with Crippen LogP contribution in [0.15, 0.2) is 16.5 Å². The van der Waals surface area contributed by atoms with Gasteiger partial charge in [-0.25, -0.2) is 0 Å². The third kappa shape index (κ3) is 2.71. The highest BCUT2D eigenvalue weighted by molar-refractivity contribution is 5.91. The molecule has 1 aliphatic carbocycles. The zero-order valence-corrected chi connectivity index (χ0v) is 11.8. The van der Waals surface area contributed by atoms with Crippen molar-refractivity contribution in [2.45, 2.75) is 26.2 Å². The van der Waals surface area contributed by atoms with Crippen LogP contribution < -0.4 is 0 Å². The first-order chi connectivity index (χ1) is 9.65. The van der Waals surface area contributed by atoms with Gasteiger partial charge in [0, 0.05) is 32.1 Å². The van der Waals surface area contributed by atoms with Crippen LogP contribution in [0.3, 0.4) is 0 Å². The van der Waals surface area contributed by atoms with Crippen molar-refractivity contribution in [3.05, 3.63) is 23.7 Å². The Morgan fingerprint density at radius 2 is 1.80 bits per heavy atom. The van der Waals surface area contributed by atoms with Gasteiger partial charge in [-0.3, -0.25) is 9.59 Å². The van der Waals surface area contributed by atoms with E-state index in [0.29, 0.717) is 25.4 Å². The van der Waals surface area contributed by atoms with Gasteiger partial charge in [-0.15, -0.1) is 0 Å². The molecule has 1 aromatic heterocycles. The molecule has 2 heterocycles. The smallest absolute Gasteiger partial charge is 0.289 e. The van der Waals surface area contributed by atoms with Gasteiger partial charge in [0.05, 0.1) is 0 Å². The molecular formula is C15H20N2O3. The number of nitrogens with zero attached hydrogens (tertiary/aromatic N) is 2. The molecule has 1 aromatic rings. The molecule has 1 saturated carbocycles. The molecule has 0 spiro atoms. The Morgan fingerprint density at radius 3 is 2.45 bits per heavy atom. The lowest BCUT2D eigenvalue weighted by Gasteiger charge is -2.21. The predicted molar refractivity (Wildman–Crippen MR) is 73.3 cm³/mol. The molecule has 20 heavy (non-hydrogen) atoms. The molecule has 2 amide bonds. The van der Waals surface area contributed by atoms with E-state index < -0.39 is 0 Å². The zero-order valence-electron chi connectivity index (χ0n) is 11.8. The number of aryl methyl sites for hydroxylation is 1. The minimum atomic E-state index is -0.0705. The summed E-state index contributed by atoms with van der Waals surface area (Å²) in [7, 11) is 0. The molecule has 1 aliphatic heterocycles. The van der Waals surface area contributed by atoms with Crippen LogP contribution in [-0.2, 0) is 4.79 Å². The van der Waals surface area contributed by atoms with Gasteiger partial charge < -0.3 is 14.2 Å². The topological polar surface area (TPSA) is 53.8 Å². The van der Waals surface area contributed by atoms with Crippen LogP contribution in [0, 0.1) is 12.8 Å². The molecule has 0 atom stereocenters. The average molecular weight is 276 g/mol. The fraction of sp³-hybridized carbons (Fsp3) is 0.600. The van der Waals surface area contributed by atoms with Gasteiger partial charge in [-0.2, -0.15) is 0 Å². The van der Waals surface area contributed by atoms with Crippen LogP contribution in [0.25, 0.3) is 0 Å². The van der Waals surface area contributed by atoms with E-state index in [2.05, 4.69) is 0 Å². The van der Waals surface area contributed by atoms with Crippen molar-refractivity contribution in [3.8, 4) is 0 Å². The minimum absolute atomic E-state index is 0.0705. The van der Waals surface area contributed by atoms with Crippen molar-refractivity contribution in [1.82, 2.24) is 9.80 Å². The second kappa shape index (κ2) is 5.31. The van der Waals surface area contributed by atoms with E-state index in [4.69, 9.17) is 4.42 Å². The fourth-order valence-electron chi connectivity index (χ4n) is 2.63. The van der Waals surface area contributed by atoms with Crippen molar-refractivity contribution in [1.29, 1.82) is 0 Å². The molecule has 2 fully saturated rings. The monoisotopic (exact) mass is 276 g/mol. The number of carbonyl (C=O) groups is 2. The van der Waals surface area contributed by atoms with Crippen molar-refractivity contribution in [3.63, 3.8) is 0 Å². The first kappa shape index (κ1) is 13.2. The lowest BCUT2D eigenvalue weighted by Crippen LogP contribution is -2.37. The Bertz CT molecular complexity index is 519. The van der Waals surface area contributed by atoms with Crippen LogP contribution in [0.5, 0.6) is 0 Å². The second-order valence-corrected chi connectivity index (χ2v) is 5.66. The molecule has 0 bridgehead atoms. The number of carbonyl (C=O) groups excluding carboxylic acids is 2. The molecule has 108 valence electrons. The van der Waals surface area contributed by atoms with Gasteiger partial charge in [-0.05, 0) is 38.3 Å². The van der Waals surface area contributed by atoms with E-state index in [1.165, 1.54) is 0 Å². The average Bonchev–Trinajstić information content (AvgIpc) is 3.23. The van der Waals surface area contributed by atoms with Gasteiger partial charge >= 0.3 is 0 Å². The SMILES string of the molecule is Cc1ccc(C(=O)N2CCCN(C(=O)C3CC3)CC2)o1. The Balaban J connectivity index is 1.61. The maximum atomic E-state index is 12.3. The third-order valence-corrected chi connectivity index (χ3v) is 3.97. The molecule has 5 heteroatoms. The van der Waals surface area contributed by atoms with Gasteiger partial charge in [-0.1, -0.05) is 0 Å². The Hall–Kier alpha value is -1.78. The largest absolute Gasteiger partial charge is 0.456 e. The quantitative estimate of drug-likeness (QED) is 0.825. The van der Waals surface area contributed by atoms with E-state index >= 15 is 0 Å². The van der Waals surface area contributed by atoms with Crippen LogP contribution in [-0.4, -0.2) is 47.8 Å². The normalized spacial score (nSPS) is 19.9. The Kier molecular flexibility index (Phi) is 3.51. The maximum absolute atomic E-state index is 12.3. The number of hydrogen-bond donors (Lipinski definition) is 0. The Labute approximate surface area is 118 Å². The van der Waals surface area contributed by atoms with Gasteiger partial charge in [0.2, 0.25) is 5.91 Å². The second-order valence-electron chi connectivity index (χ2n) is 5.66. The van der Waals surface area contributed by atoms with Crippen molar-refractivity contribution in [2.24, 2.45) is 5.92 Å². The van der Waals surface area contributed by atoms with Crippen LogP contribution in [0.4, 0.5) is 0 Å². The first-order valence-corrected chi connectivity index (χ1v) is 7.29. The number of amides is 2. The van der Waals surface area contributed by atoms with E-state index in [-0.39, 0.29) is 17.7 Å². The highest BCUT2D eigenvalue weighted by Gasteiger charge is 2.34. The number of rotatable bonds is 2. The maximum Gasteiger partial charge on any atom is 0.289 e. The summed E-state index contributed by atoms with van der Waals surface area (Å²) in [6.07, 6.45) is 2.90. The summed E-state index contributed by atoms with van der Waals surface area (Å²) in [6, 6.07) is 3.52. The molecule has 5 nitrogen and oxygen atoms in total. The fourth-order valence-corrected chi connectivity index (χ4v) is 2.63. The standard InChI is InChI=1S/C15H20N2O3/c1-11-3-6-13(20-11)15(19)17-8-2-7-16(9-10-17)14(18)12-4-5-12/h3,6,12H,2,4-5,7-10H2,1H3. The van der Waals surface area contributed by atoms with Gasteiger partial charge in [0.25, 0.3) is 5.91 Å². The molecule has 1 saturated heterocycles. The summed E-state index contributed by atoms with van der Waals surface area (Å²) in [4.78, 5) is 28.1. The van der Waals surface area contributed by atoms with E-state index in [1.54, 1.807) is 17.0 Å². The van der Waals surface area contributed by atoms with Crippen molar-refractivity contribution < 1.29 is 14.0 Å². The lowest BCUT2D eigenvalue weighted by molar-refractivity contribution is -0.132. The summed E-state index contributed by atoms with van der Waals surface area (Å²) in [6.45, 7) is 4.51. The lowest BCUT2D eigenvalue weighted by atomic mass is 10.3. The van der Waals surface area contributed by atoms with Crippen LogP contribution in [0.2, 0.25) is 0 Å². The molecular weight excluding hydrogens is 256 g/mol. The zero-order chi connectivity index (χ0) is 14.1. The van der Waals surface area contributed by atoms with Crippen LogP contribution >= 0.6 is 0 Å². The van der Waals surface area contributed by atoms with Gasteiger partial charge in [0.1, 0.15) is 5.76 Å². The van der Waals surface area contributed by atoms with E-state index in [0.717, 1.165) is 31.6 Å². The molecule has 0 radical (unpaired) electrons. The molecule has 0 unspecified atom stereocenters. The number of furan rings is 1.